The number of alkyl carbamates (subject to hydrolysis) is 1. The number of benzene rings is 3. The first-order chi connectivity index (χ1) is 62.7. The van der Waals surface area contributed by atoms with E-state index in [4.69, 9.17) is 16.2 Å². The van der Waals surface area contributed by atoms with Crippen LogP contribution in [0.2, 0.25) is 0 Å². The second-order valence-corrected chi connectivity index (χ2v) is 42.4. The Morgan fingerprint density at radius 1 is 0.396 bits per heavy atom. The van der Waals surface area contributed by atoms with Crippen molar-refractivity contribution in [1.29, 1.82) is 0 Å². The fourth-order valence-electron chi connectivity index (χ4n) is 14.4. The van der Waals surface area contributed by atoms with Gasteiger partial charge in [-0.05, 0) is 207 Å². The van der Waals surface area contributed by atoms with Crippen LogP contribution in [0.1, 0.15) is 313 Å². The van der Waals surface area contributed by atoms with E-state index in [1.165, 1.54) is 21.6 Å². The molecule has 0 aromatic heterocycles. The number of likely N-dealkylation sites (tertiary alicyclic amines) is 2. The van der Waals surface area contributed by atoms with Gasteiger partial charge >= 0.3 is 6.09 Å². The normalized spacial score (nSPS) is 15.0. The Morgan fingerprint density at radius 3 is 1.22 bits per heavy atom. The first kappa shape index (κ1) is 125. The topological polar surface area (TPSA) is 427 Å². The average Bonchev–Trinajstić information content (AvgIpc) is 1.68. The maximum Gasteiger partial charge on any atom is 0.407 e. The summed E-state index contributed by atoms with van der Waals surface area (Å²) in [6.45, 7) is 54.8. The molecule has 2 saturated heterocycles. The number of nitrogens with two attached hydrogens (primary N) is 2. The molecule has 0 spiro atoms. The minimum atomic E-state index is -0.380. The van der Waals surface area contributed by atoms with Crippen molar-refractivity contribution < 1.29 is 71.9 Å². The molecule has 2 fully saturated rings. The van der Waals surface area contributed by atoms with Gasteiger partial charge in [-0.25, -0.2) is 4.79 Å². The number of nitrogens with one attached hydrogen (secondary N) is 10. The van der Waals surface area contributed by atoms with Gasteiger partial charge in [0.15, 0.2) is 11.6 Å². The van der Waals surface area contributed by atoms with Gasteiger partial charge in [0.05, 0.1) is 28.6 Å². The second kappa shape index (κ2) is 70.1. The standard InChI is InChI=1S/C22H37N3O2.C19H37N3O3.C19H30N2O2.C16H28N2O3S.C14H22N2O2.C13H22N2O3S/c1-16(2)24-20(12-8-9-13-23)21(26)15-19(22(27)25-17(3)4)14-18-10-6-5-7-11-18;1-12(2)18(21-13(3)4)16(23)11-15(19(25)22-14(5)6)9-7-8-10-17(20)24;1-13(2)20-15(5)18(22)12-17(19(23)21-14(3)4)11-16-9-7-6-8-10-16;1-11(2)17-14(19)8-6-5-7-9-18-15(20)10-13(16(18)21)22-12(3)4;1-10(2)15-13-7-5-12(6-8-13)9-18-14(17)16-11(3)4;1-8(2)14-11(16)5-6-15-12(17)7-10(13(15)18)19-9(3)4/h5-7,10-11,16-17,19-20,24H,8-9,12-15,23H2,1-4H3,(H,25,27);12-15,18,21H,7-11H2,1-6H3,(H2,20,24)(H,22,25);6-10,13-15,17,20H,11-12H2,1-5H3,(H,21,23);11-13H,5-10H2,1-4H3,(H,17,19);5-8,10-11,15H,9H2,1-4H3,(H,16,17);8-10H,5-7H2,1-4H3,(H,14,16). The summed E-state index contributed by atoms with van der Waals surface area (Å²) in [7, 11) is 0. The third-order valence-corrected chi connectivity index (χ3v) is 22.8. The van der Waals surface area contributed by atoms with E-state index >= 15 is 0 Å². The summed E-state index contributed by atoms with van der Waals surface area (Å²) in [5, 5.41) is 30.4. The largest absolute Gasteiger partial charge is 0.445 e. The fraction of sp³-hybridized carbons (Fsp3) is 0.689. The Morgan fingerprint density at radius 2 is 0.806 bits per heavy atom. The van der Waals surface area contributed by atoms with Crippen LogP contribution in [0.4, 0.5) is 10.5 Å². The number of amides is 11. The number of hydrogen-bond donors (Lipinski definition) is 12. The van der Waals surface area contributed by atoms with E-state index < -0.39 is 0 Å². The van der Waals surface area contributed by atoms with E-state index in [1.807, 2.05) is 258 Å². The van der Waals surface area contributed by atoms with Crippen molar-refractivity contribution in [2.45, 2.75) is 415 Å². The minimum absolute atomic E-state index is 0.0328. The van der Waals surface area contributed by atoms with Gasteiger partial charge < -0.3 is 69.4 Å². The Labute approximate surface area is 813 Å². The average molecular weight is 1910 g/mol. The van der Waals surface area contributed by atoms with Gasteiger partial charge in [-0.15, -0.1) is 23.5 Å². The molecule has 8 unspecified atom stereocenters. The number of rotatable bonds is 55. The molecule has 3 aromatic carbocycles. The van der Waals surface area contributed by atoms with Crippen LogP contribution in [0.25, 0.3) is 0 Å². The van der Waals surface area contributed by atoms with Gasteiger partial charge in [-0.3, -0.25) is 72.1 Å². The third-order valence-electron chi connectivity index (χ3n) is 20.3. The first-order valence-corrected chi connectivity index (χ1v) is 50.8. The molecule has 760 valence electrons. The number of primary amides is 1. The molecule has 2 aliphatic heterocycles. The molecule has 0 aliphatic carbocycles. The number of ketones is 3. The Kier molecular flexibility index (Phi) is 65.6. The van der Waals surface area contributed by atoms with Gasteiger partial charge in [-0.2, -0.15) is 0 Å². The van der Waals surface area contributed by atoms with Gasteiger partial charge in [0.1, 0.15) is 12.4 Å². The molecular weight excluding hydrogens is 1740 g/mol. The molecule has 2 heterocycles. The van der Waals surface area contributed by atoms with Crippen molar-refractivity contribution in [1.82, 2.24) is 57.7 Å². The number of carbonyl (C=O) groups is 14. The lowest BCUT2D eigenvalue weighted by Gasteiger charge is -2.26. The monoisotopic (exact) mass is 1910 g/mol. The van der Waals surface area contributed by atoms with E-state index in [-0.39, 0.29) is 228 Å². The highest BCUT2D eigenvalue weighted by atomic mass is 32.2. The van der Waals surface area contributed by atoms with Crippen LogP contribution in [0.5, 0.6) is 0 Å². The smallest absolute Gasteiger partial charge is 0.407 e. The highest BCUT2D eigenvalue weighted by Gasteiger charge is 2.41. The van der Waals surface area contributed by atoms with Crippen molar-refractivity contribution >= 4 is 112 Å². The molecule has 5 rings (SSSR count). The lowest BCUT2D eigenvalue weighted by Crippen LogP contribution is -2.46. The number of Topliss-reactive ketones (excluding diaryl/α,β-unsaturated/α-hetero) is 3. The number of unbranched alkanes of at least 4 members (excludes halogenated alkanes) is 4. The van der Waals surface area contributed by atoms with Gasteiger partial charge in [0, 0.05) is 148 Å². The zero-order valence-corrected chi connectivity index (χ0v) is 88.1. The van der Waals surface area contributed by atoms with Gasteiger partial charge in [0.2, 0.25) is 59.1 Å². The van der Waals surface area contributed by atoms with E-state index in [1.54, 1.807) is 11.8 Å². The van der Waals surface area contributed by atoms with E-state index in [0.717, 1.165) is 60.9 Å². The predicted octanol–water partition coefficient (Wildman–Crippen LogP) is 14.3. The summed E-state index contributed by atoms with van der Waals surface area (Å²) in [5.74, 6) is -1.61. The lowest BCUT2D eigenvalue weighted by atomic mass is 9.88. The van der Waals surface area contributed by atoms with Gasteiger partial charge in [0.25, 0.3) is 0 Å². The molecule has 0 saturated carbocycles. The highest BCUT2D eigenvalue weighted by Crippen LogP contribution is 2.31. The van der Waals surface area contributed by atoms with Crippen molar-refractivity contribution in [3.05, 3.63) is 102 Å². The summed E-state index contributed by atoms with van der Waals surface area (Å²) in [6, 6.07) is 28.5. The van der Waals surface area contributed by atoms with E-state index in [0.29, 0.717) is 87.6 Å². The summed E-state index contributed by atoms with van der Waals surface area (Å²) in [6.07, 6.45) is 10.0. The minimum Gasteiger partial charge on any atom is -0.445 e. The first-order valence-electron chi connectivity index (χ1n) is 49.0. The summed E-state index contributed by atoms with van der Waals surface area (Å²) in [4.78, 5) is 171. The Hall–Kier alpha value is -8.62. The van der Waals surface area contributed by atoms with Crippen LogP contribution in [-0.4, -0.2) is 211 Å². The second-order valence-electron chi connectivity index (χ2n) is 38.8. The number of carbonyl (C=O) groups excluding carboxylic acids is 14. The quantitative estimate of drug-likeness (QED) is 0.0184. The summed E-state index contributed by atoms with van der Waals surface area (Å²) in [5.41, 5.74) is 14.9. The lowest BCUT2D eigenvalue weighted by molar-refractivity contribution is -0.140. The van der Waals surface area contributed by atoms with Crippen LogP contribution >= 0.6 is 23.5 Å². The van der Waals surface area contributed by atoms with Crippen molar-refractivity contribution in [3.63, 3.8) is 0 Å². The molecule has 14 N–H and O–H groups in total. The molecule has 8 atom stereocenters. The van der Waals surface area contributed by atoms with Crippen LogP contribution < -0.4 is 64.6 Å². The number of thioether (sulfide) groups is 2. The number of anilines is 1. The Balaban J connectivity index is 0.00000159. The number of hydrogen-bond acceptors (Lipinski definition) is 22. The summed E-state index contributed by atoms with van der Waals surface area (Å²) < 4.78 is 5.09. The fourth-order valence-corrected chi connectivity index (χ4v) is 16.7. The molecular formula is C103H176N14O15S2. The molecule has 2 aliphatic rings. The van der Waals surface area contributed by atoms with Crippen LogP contribution in [-0.2, 0) is 86.5 Å². The van der Waals surface area contributed by atoms with Crippen LogP contribution in [0.15, 0.2) is 84.9 Å². The van der Waals surface area contributed by atoms with E-state index in [2.05, 4.69) is 67.0 Å². The number of imide groups is 2. The molecule has 0 bridgehead atoms. The zero-order chi connectivity index (χ0) is 102. The molecule has 29 nitrogen and oxygen atoms in total. The maximum atomic E-state index is 13.0. The van der Waals surface area contributed by atoms with Crippen molar-refractivity contribution in [3.8, 4) is 0 Å². The highest BCUT2D eigenvalue weighted by molar-refractivity contribution is 8.01. The number of ether oxygens (including phenoxy) is 1. The summed E-state index contributed by atoms with van der Waals surface area (Å²) >= 11 is 3.08. The third kappa shape index (κ3) is 60.1. The van der Waals surface area contributed by atoms with Crippen molar-refractivity contribution in [2.24, 2.45) is 35.1 Å². The molecule has 134 heavy (non-hydrogen) atoms. The maximum absolute atomic E-state index is 13.0. The molecule has 3 aromatic rings. The van der Waals surface area contributed by atoms with Crippen molar-refractivity contribution in [2.75, 3.05) is 25.0 Å². The molecule has 31 heteroatoms. The Bertz CT molecular complexity index is 3920. The molecule has 0 radical (unpaired) electrons. The van der Waals surface area contributed by atoms with Crippen LogP contribution in [0.3, 0.4) is 0 Å². The number of nitrogens with zero attached hydrogens (tertiary/aromatic N) is 2. The van der Waals surface area contributed by atoms with E-state index in [9.17, 15) is 67.1 Å². The van der Waals surface area contributed by atoms with Gasteiger partial charge in [-0.1, -0.05) is 175 Å². The zero-order valence-electron chi connectivity index (χ0n) is 86.5. The SMILES string of the molecule is CC(C)NC(=O)C(CC(=O)C(C)NC(C)C)Cc1ccccc1.CC(C)NC(=O)C(CC(=O)C(CCCCN)NC(C)C)Cc1ccccc1.CC(C)NC(=O)C(CCCCC(N)=O)CC(=O)C(NC(C)C)C(C)C.CC(C)NC(=O)CCCCCN1C(=O)CC(SC(C)C)C1=O.CC(C)NC(=O)CCN1C(=O)CC(SC(C)C)C1=O.CC(C)NC(=O)OCc1ccc(NC(C)C)cc1. The predicted molar refractivity (Wildman–Crippen MR) is 546 cm³/mol. The molecule has 11 amide bonds. The van der Waals surface area contributed by atoms with Crippen LogP contribution in [0, 0.1) is 23.7 Å².